The third kappa shape index (κ3) is 3.75. The Labute approximate surface area is 121 Å². The summed E-state index contributed by atoms with van der Waals surface area (Å²) in [5, 5.41) is 18.6. The van der Waals surface area contributed by atoms with Crippen molar-refractivity contribution in [3.8, 4) is 5.75 Å². The van der Waals surface area contributed by atoms with Crippen molar-refractivity contribution in [3.05, 3.63) is 52.6 Å². The Hall–Kier alpha value is -2.96. The fraction of sp³-hybridized carbons (Fsp3) is 0.143. The molecule has 0 radical (unpaired) electrons. The predicted octanol–water partition coefficient (Wildman–Crippen LogP) is 3.99. The van der Waals surface area contributed by atoms with Crippen LogP contribution >= 0.6 is 0 Å². The summed E-state index contributed by atoms with van der Waals surface area (Å²) >= 11 is 0. The summed E-state index contributed by atoms with van der Waals surface area (Å²) in [7, 11) is 0. The van der Waals surface area contributed by atoms with Crippen LogP contribution in [0.2, 0.25) is 0 Å². The average molecular weight is 286 g/mol. The average Bonchev–Trinajstić information content (AvgIpc) is 2.48. The van der Waals surface area contributed by atoms with Gasteiger partial charge in [0, 0.05) is 18.2 Å². The van der Waals surface area contributed by atoms with E-state index in [1.54, 1.807) is 18.2 Å². The first kappa shape index (κ1) is 14.4. The highest BCUT2D eigenvalue weighted by molar-refractivity contribution is 5.59. The predicted molar refractivity (Wildman–Crippen MR) is 79.3 cm³/mol. The van der Waals surface area contributed by atoms with Crippen molar-refractivity contribution in [2.75, 3.05) is 12.3 Å². The second-order valence-corrected chi connectivity index (χ2v) is 4.13. The van der Waals surface area contributed by atoms with Gasteiger partial charge in [0.15, 0.2) is 0 Å². The summed E-state index contributed by atoms with van der Waals surface area (Å²) in [6, 6.07) is 10.9. The number of anilines is 1. The largest absolute Gasteiger partial charge is 0.492 e. The number of nitrogens with two attached hydrogens (primary N) is 1. The van der Waals surface area contributed by atoms with E-state index in [9.17, 15) is 10.1 Å². The van der Waals surface area contributed by atoms with E-state index >= 15 is 0 Å². The van der Waals surface area contributed by atoms with Crippen LogP contribution < -0.4 is 10.5 Å². The Balaban J connectivity index is 2.17. The van der Waals surface area contributed by atoms with Crippen LogP contribution in [0.4, 0.5) is 22.7 Å². The molecule has 2 aromatic carbocycles. The van der Waals surface area contributed by atoms with Gasteiger partial charge in [0.1, 0.15) is 5.75 Å². The number of rotatable bonds is 5. The Morgan fingerprint density at radius 1 is 1.14 bits per heavy atom. The van der Waals surface area contributed by atoms with E-state index in [1.165, 1.54) is 24.3 Å². The molecule has 7 nitrogen and oxygen atoms in total. The number of nitrogens with zero attached hydrogens (tertiary/aromatic N) is 3. The first-order chi connectivity index (χ1) is 10.1. The Kier molecular flexibility index (Phi) is 4.45. The number of non-ortho nitro benzene ring substituents is 1. The van der Waals surface area contributed by atoms with Crippen molar-refractivity contribution in [2.24, 2.45) is 10.2 Å². The number of nitro groups is 1. The molecule has 0 aliphatic carbocycles. The molecule has 0 saturated carbocycles. The molecule has 0 amide bonds. The Morgan fingerprint density at radius 2 is 1.76 bits per heavy atom. The van der Waals surface area contributed by atoms with Crippen LogP contribution in [0.15, 0.2) is 52.7 Å². The Bertz CT molecular complexity index is 668. The maximum atomic E-state index is 10.5. The quantitative estimate of drug-likeness (QED) is 0.388. The highest BCUT2D eigenvalue weighted by atomic mass is 16.6. The number of benzene rings is 2. The third-order valence-corrected chi connectivity index (χ3v) is 2.64. The lowest BCUT2D eigenvalue weighted by Crippen LogP contribution is -1.95. The van der Waals surface area contributed by atoms with Crippen molar-refractivity contribution in [1.29, 1.82) is 0 Å². The maximum Gasteiger partial charge on any atom is 0.269 e. The summed E-state index contributed by atoms with van der Waals surface area (Å²) < 4.78 is 5.37. The van der Waals surface area contributed by atoms with Crippen LogP contribution in [0.25, 0.3) is 0 Å². The summed E-state index contributed by atoms with van der Waals surface area (Å²) in [6.45, 7) is 2.37. The lowest BCUT2D eigenvalue weighted by Gasteiger charge is -2.06. The Morgan fingerprint density at radius 3 is 2.38 bits per heavy atom. The number of hydrogen-bond donors (Lipinski definition) is 1. The van der Waals surface area contributed by atoms with Crippen LogP contribution in [0, 0.1) is 10.1 Å². The van der Waals surface area contributed by atoms with Gasteiger partial charge in [-0.25, -0.2) is 0 Å². The van der Waals surface area contributed by atoms with Crippen LogP contribution in [0.1, 0.15) is 6.92 Å². The van der Waals surface area contributed by atoms with Gasteiger partial charge in [0.05, 0.1) is 28.6 Å². The molecule has 0 atom stereocenters. The molecule has 21 heavy (non-hydrogen) atoms. The SMILES string of the molecule is CCOc1cc(/N=N/c2ccc([N+](=O)[O-])cc2)ccc1N. The van der Waals surface area contributed by atoms with Crippen LogP contribution in [0.3, 0.4) is 0 Å². The molecule has 0 spiro atoms. The zero-order valence-corrected chi connectivity index (χ0v) is 11.4. The van der Waals surface area contributed by atoms with E-state index in [1.807, 2.05) is 6.92 Å². The van der Waals surface area contributed by atoms with Gasteiger partial charge in [-0.1, -0.05) is 0 Å². The monoisotopic (exact) mass is 286 g/mol. The second-order valence-electron chi connectivity index (χ2n) is 4.13. The van der Waals surface area contributed by atoms with E-state index in [2.05, 4.69) is 10.2 Å². The molecular formula is C14H14N4O3. The zero-order valence-electron chi connectivity index (χ0n) is 11.4. The fourth-order valence-corrected chi connectivity index (χ4v) is 1.62. The van der Waals surface area contributed by atoms with E-state index in [4.69, 9.17) is 10.5 Å². The van der Waals surface area contributed by atoms with Crippen molar-refractivity contribution >= 4 is 22.7 Å². The maximum absolute atomic E-state index is 10.5. The van der Waals surface area contributed by atoms with Gasteiger partial charge in [0.25, 0.3) is 5.69 Å². The topological polar surface area (TPSA) is 103 Å². The van der Waals surface area contributed by atoms with E-state index < -0.39 is 4.92 Å². The van der Waals surface area contributed by atoms with Gasteiger partial charge in [-0.2, -0.15) is 10.2 Å². The van der Waals surface area contributed by atoms with Gasteiger partial charge >= 0.3 is 0 Å². The van der Waals surface area contributed by atoms with Crippen LogP contribution in [-0.2, 0) is 0 Å². The fourth-order valence-electron chi connectivity index (χ4n) is 1.62. The molecule has 7 heteroatoms. The lowest BCUT2D eigenvalue weighted by atomic mass is 10.2. The first-order valence-electron chi connectivity index (χ1n) is 6.28. The third-order valence-electron chi connectivity index (χ3n) is 2.64. The molecule has 0 bridgehead atoms. The highest BCUT2D eigenvalue weighted by Crippen LogP contribution is 2.28. The van der Waals surface area contributed by atoms with Gasteiger partial charge in [-0.3, -0.25) is 10.1 Å². The van der Waals surface area contributed by atoms with E-state index in [0.29, 0.717) is 29.4 Å². The smallest absolute Gasteiger partial charge is 0.269 e. The molecule has 108 valence electrons. The number of nitrogen functional groups attached to an aromatic ring is 1. The van der Waals surface area contributed by atoms with Gasteiger partial charge in [-0.05, 0) is 31.2 Å². The highest BCUT2D eigenvalue weighted by Gasteiger charge is 2.04. The molecule has 0 unspecified atom stereocenters. The normalized spacial score (nSPS) is 10.7. The van der Waals surface area contributed by atoms with Crippen LogP contribution in [-0.4, -0.2) is 11.5 Å². The minimum Gasteiger partial charge on any atom is -0.492 e. The standard InChI is InChI=1S/C14H14N4O3/c1-2-21-14-9-11(5-8-13(14)15)17-16-10-3-6-12(7-4-10)18(19)20/h3-9H,2,15H2,1H3/b17-16+. The zero-order chi connectivity index (χ0) is 15.2. The minimum atomic E-state index is -0.463. The molecular weight excluding hydrogens is 272 g/mol. The molecule has 0 saturated heterocycles. The number of hydrogen-bond acceptors (Lipinski definition) is 6. The summed E-state index contributed by atoms with van der Waals surface area (Å²) in [5.41, 5.74) is 7.43. The van der Waals surface area contributed by atoms with E-state index in [0.717, 1.165) is 0 Å². The molecule has 0 fully saturated rings. The molecule has 2 N–H and O–H groups in total. The second kappa shape index (κ2) is 6.47. The number of nitro benzene ring substituents is 1. The van der Waals surface area contributed by atoms with Crippen molar-refractivity contribution < 1.29 is 9.66 Å². The lowest BCUT2D eigenvalue weighted by molar-refractivity contribution is -0.384. The number of ether oxygens (including phenoxy) is 1. The molecule has 0 aliphatic heterocycles. The van der Waals surface area contributed by atoms with Crippen molar-refractivity contribution in [1.82, 2.24) is 0 Å². The summed E-state index contributed by atoms with van der Waals surface area (Å²) in [4.78, 5) is 10.1. The van der Waals surface area contributed by atoms with Gasteiger partial charge < -0.3 is 10.5 Å². The summed E-state index contributed by atoms with van der Waals surface area (Å²) in [6.07, 6.45) is 0. The first-order valence-corrected chi connectivity index (χ1v) is 6.28. The molecule has 2 rings (SSSR count). The van der Waals surface area contributed by atoms with Crippen LogP contribution in [0.5, 0.6) is 5.75 Å². The van der Waals surface area contributed by atoms with Crippen molar-refractivity contribution in [3.63, 3.8) is 0 Å². The molecule has 0 aliphatic rings. The number of azo groups is 1. The molecule has 0 heterocycles. The molecule has 2 aromatic rings. The van der Waals surface area contributed by atoms with Gasteiger partial charge in [-0.15, -0.1) is 0 Å². The minimum absolute atomic E-state index is 0.0140. The van der Waals surface area contributed by atoms with Gasteiger partial charge in [0.2, 0.25) is 0 Å². The van der Waals surface area contributed by atoms with Crippen molar-refractivity contribution in [2.45, 2.75) is 6.92 Å². The van der Waals surface area contributed by atoms with E-state index in [-0.39, 0.29) is 5.69 Å². The molecule has 0 aromatic heterocycles. The summed E-state index contributed by atoms with van der Waals surface area (Å²) in [5.74, 6) is 0.553.